The van der Waals surface area contributed by atoms with Crippen LogP contribution in [0.2, 0.25) is 0 Å². The Morgan fingerprint density at radius 3 is 2.47 bits per heavy atom. The molecule has 0 radical (unpaired) electrons. The number of rotatable bonds is 5. The zero-order chi connectivity index (χ0) is 12.9. The maximum absolute atomic E-state index is 11.6. The fourth-order valence-corrected chi connectivity index (χ4v) is 2.72. The molecule has 0 aromatic heterocycles. The van der Waals surface area contributed by atoms with E-state index in [1.165, 1.54) is 0 Å². The Morgan fingerprint density at radius 1 is 1.47 bits per heavy atom. The molecular weight excluding hydrogens is 218 g/mol. The van der Waals surface area contributed by atoms with Gasteiger partial charge in [-0.3, -0.25) is 0 Å². The number of carbonyl (C=O) groups excluding carboxylic acids is 1. The highest BCUT2D eigenvalue weighted by Gasteiger charge is 2.44. The summed E-state index contributed by atoms with van der Waals surface area (Å²) in [6.07, 6.45) is 3.83. The molecule has 17 heavy (non-hydrogen) atoms. The molecule has 0 heterocycles. The molecule has 0 saturated heterocycles. The van der Waals surface area contributed by atoms with Gasteiger partial charge in [-0.2, -0.15) is 0 Å². The highest BCUT2D eigenvalue weighted by molar-refractivity contribution is 5.75. The van der Waals surface area contributed by atoms with Crippen molar-refractivity contribution < 1.29 is 14.6 Å². The topological polar surface area (TPSA) is 72.5 Å². The van der Waals surface area contributed by atoms with Crippen LogP contribution in [-0.4, -0.2) is 30.3 Å². The van der Waals surface area contributed by atoms with Crippen LogP contribution in [-0.2, 0) is 9.53 Å². The average Bonchev–Trinajstić information content (AvgIpc) is 2.38. The molecule has 1 aliphatic carbocycles. The third-order valence-corrected chi connectivity index (χ3v) is 4.17. The van der Waals surface area contributed by atoms with E-state index in [1.54, 1.807) is 6.92 Å². The van der Waals surface area contributed by atoms with Crippen LogP contribution in [0.1, 0.15) is 46.0 Å². The van der Waals surface area contributed by atoms with Crippen molar-refractivity contribution in [3.05, 3.63) is 0 Å². The minimum atomic E-state index is -1.06. The van der Waals surface area contributed by atoms with Gasteiger partial charge in [-0.15, -0.1) is 0 Å². The highest BCUT2D eigenvalue weighted by atomic mass is 16.5. The summed E-state index contributed by atoms with van der Waals surface area (Å²) < 4.78 is 4.89. The van der Waals surface area contributed by atoms with Crippen LogP contribution in [0.3, 0.4) is 0 Å². The summed E-state index contributed by atoms with van der Waals surface area (Å²) in [4.78, 5) is 11.6. The molecular formula is C13H25NO3. The van der Waals surface area contributed by atoms with Gasteiger partial charge in [0.15, 0.2) is 6.10 Å². The largest absolute Gasteiger partial charge is 0.464 e. The van der Waals surface area contributed by atoms with Gasteiger partial charge in [0.2, 0.25) is 0 Å². The van der Waals surface area contributed by atoms with Gasteiger partial charge in [-0.25, -0.2) is 4.79 Å². The molecule has 0 amide bonds. The van der Waals surface area contributed by atoms with Crippen molar-refractivity contribution in [3.8, 4) is 0 Å². The second kappa shape index (κ2) is 6.36. The summed E-state index contributed by atoms with van der Waals surface area (Å²) in [5.41, 5.74) is 5.33. The summed E-state index contributed by atoms with van der Waals surface area (Å²) >= 11 is 0. The Hall–Kier alpha value is -0.610. The molecule has 1 aliphatic rings. The molecule has 1 fully saturated rings. The molecule has 1 unspecified atom stereocenters. The molecule has 1 rings (SSSR count). The van der Waals surface area contributed by atoms with Gasteiger partial charge in [-0.05, 0) is 38.5 Å². The minimum absolute atomic E-state index is 0.300. The van der Waals surface area contributed by atoms with Gasteiger partial charge in [0.25, 0.3) is 0 Å². The number of aliphatic hydroxyl groups excluding tert-OH is 1. The maximum atomic E-state index is 11.6. The fraction of sp³-hybridized carbons (Fsp3) is 0.923. The number of hydrogen-bond donors (Lipinski definition) is 2. The van der Waals surface area contributed by atoms with Crippen LogP contribution < -0.4 is 5.73 Å². The number of aliphatic hydroxyl groups is 1. The van der Waals surface area contributed by atoms with E-state index in [0.717, 1.165) is 32.1 Å². The number of esters is 1. The Morgan fingerprint density at radius 2 is 2.06 bits per heavy atom. The molecule has 0 aromatic rings. The van der Waals surface area contributed by atoms with Crippen molar-refractivity contribution in [1.82, 2.24) is 0 Å². The SMILES string of the molecule is CCOC(=O)C(O)C1(CN)CCC(CC)CC1. The number of hydrogen-bond acceptors (Lipinski definition) is 4. The van der Waals surface area contributed by atoms with E-state index < -0.39 is 17.5 Å². The lowest BCUT2D eigenvalue weighted by Crippen LogP contribution is -2.49. The van der Waals surface area contributed by atoms with Crippen LogP contribution in [0.15, 0.2) is 0 Å². The predicted octanol–water partition coefficient (Wildman–Crippen LogP) is 1.46. The van der Waals surface area contributed by atoms with Gasteiger partial charge in [0.05, 0.1) is 6.61 Å². The zero-order valence-electron chi connectivity index (χ0n) is 10.9. The number of carbonyl (C=O) groups is 1. The second-order valence-electron chi connectivity index (χ2n) is 5.07. The fourth-order valence-electron chi connectivity index (χ4n) is 2.72. The van der Waals surface area contributed by atoms with Gasteiger partial charge in [0, 0.05) is 12.0 Å². The minimum Gasteiger partial charge on any atom is -0.464 e. The third kappa shape index (κ3) is 3.19. The Bertz CT molecular complexity index is 247. The van der Waals surface area contributed by atoms with Crippen LogP contribution in [0.4, 0.5) is 0 Å². The van der Waals surface area contributed by atoms with Crippen LogP contribution >= 0.6 is 0 Å². The summed E-state index contributed by atoms with van der Waals surface area (Å²) in [7, 11) is 0. The average molecular weight is 243 g/mol. The van der Waals surface area contributed by atoms with Gasteiger partial charge in [-0.1, -0.05) is 13.3 Å². The van der Waals surface area contributed by atoms with Crippen molar-refractivity contribution in [2.45, 2.75) is 52.1 Å². The van der Waals surface area contributed by atoms with E-state index in [2.05, 4.69) is 6.92 Å². The molecule has 1 atom stereocenters. The van der Waals surface area contributed by atoms with E-state index >= 15 is 0 Å². The highest BCUT2D eigenvalue weighted by Crippen LogP contribution is 2.42. The molecule has 1 saturated carbocycles. The summed E-state index contributed by atoms with van der Waals surface area (Å²) in [6.45, 7) is 4.58. The quantitative estimate of drug-likeness (QED) is 0.717. The lowest BCUT2D eigenvalue weighted by molar-refractivity contribution is -0.162. The van der Waals surface area contributed by atoms with E-state index in [1.807, 2.05) is 0 Å². The Labute approximate surface area is 104 Å². The van der Waals surface area contributed by atoms with Gasteiger partial charge < -0.3 is 15.6 Å². The van der Waals surface area contributed by atoms with Gasteiger partial charge in [0.1, 0.15) is 0 Å². The number of nitrogens with two attached hydrogens (primary N) is 1. The van der Waals surface area contributed by atoms with Crippen molar-refractivity contribution in [2.75, 3.05) is 13.2 Å². The molecule has 0 spiro atoms. The smallest absolute Gasteiger partial charge is 0.335 e. The predicted molar refractivity (Wildman–Crippen MR) is 66.4 cm³/mol. The maximum Gasteiger partial charge on any atom is 0.335 e. The van der Waals surface area contributed by atoms with E-state index in [0.29, 0.717) is 19.1 Å². The van der Waals surface area contributed by atoms with Crippen LogP contribution in [0, 0.1) is 11.3 Å². The first-order valence-electron chi connectivity index (χ1n) is 6.64. The molecule has 3 N–H and O–H groups in total. The molecule has 0 aliphatic heterocycles. The summed E-state index contributed by atoms with van der Waals surface area (Å²) in [5.74, 6) is 0.192. The van der Waals surface area contributed by atoms with Crippen molar-refractivity contribution in [2.24, 2.45) is 17.1 Å². The van der Waals surface area contributed by atoms with E-state index in [-0.39, 0.29) is 0 Å². The first-order chi connectivity index (χ1) is 8.09. The first kappa shape index (κ1) is 14.5. The van der Waals surface area contributed by atoms with Crippen molar-refractivity contribution in [3.63, 3.8) is 0 Å². The van der Waals surface area contributed by atoms with Crippen molar-refractivity contribution in [1.29, 1.82) is 0 Å². The Kier molecular flexibility index (Phi) is 5.40. The monoisotopic (exact) mass is 243 g/mol. The molecule has 100 valence electrons. The van der Waals surface area contributed by atoms with Gasteiger partial charge >= 0.3 is 5.97 Å². The van der Waals surface area contributed by atoms with Crippen LogP contribution in [0.5, 0.6) is 0 Å². The zero-order valence-corrected chi connectivity index (χ0v) is 10.9. The summed E-state index contributed by atoms with van der Waals surface area (Å²) in [5, 5.41) is 10.1. The standard InChI is InChI=1S/C13H25NO3/c1-3-10-5-7-13(9-14,8-6-10)11(15)12(16)17-4-2/h10-11,15H,3-9,14H2,1-2H3. The lowest BCUT2D eigenvalue weighted by atomic mass is 9.67. The molecule has 0 aromatic carbocycles. The number of ether oxygens (including phenoxy) is 1. The normalized spacial score (nSPS) is 30.9. The second-order valence-corrected chi connectivity index (χ2v) is 5.07. The molecule has 4 heteroatoms. The van der Waals surface area contributed by atoms with Crippen LogP contribution in [0.25, 0.3) is 0 Å². The Balaban J connectivity index is 2.66. The lowest BCUT2D eigenvalue weighted by Gasteiger charge is -2.41. The van der Waals surface area contributed by atoms with E-state index in [9.17, 15) is 9.90 Å². The third-order valence-electron chi connectivity index (χ3n) is 4.17. The molecule has 4 nitrogen and oxygen atoms in total. The first-order valence-corrected chi connectivity index (χ1v) is 6.64. The molecule has 0 bridgehead atoms. The van der Waals surface area contributed by atoms with E-state index in [4.69, 9.17) is 10.5 Å². The summed E-state index contributed by atoms with van der Waals surface area (Å²) in [6, 6.07) is 0. The van der Waals surface area contributed by atoms with Crippen molar-refractivity contribution >= 4 is 5.97 Å².